The Balaban J connectivity index is 1.74. The first-order valence-corrected chi connectivity index (χ1v) is 7.48. The van der Waals surface area contributed by atoms with Gasteiger partial charge in [-0.2, -0.15) is 0 Å². The van der Waals surface area contributed by atoms with Crippen molar-refractivity contribution in [2.45, 2.75) is 45.1 Å². The number of carbonyl (C=O) groups is 1. The van der Waals surface area contributed by atoms with Crippen LogP contribution in [-0.4, -0.2) is 30.0 Å². The molecule has 1 aromatic rings. The van der Waals surface area contributed by atoms with Gasteiger partial charge in [-0.25, -0.2) is 0 Å². The zero-order valence-electron chi connectivity index (χ0n) is 12.2. The summed E-state index contributed by atoms with van der Waals surface area (Å²) in [6.07, 6.45) is 4.98. The number of nitrogen functional groups attached to an aromatic ring is 1. The van der Waals surface area contributed by atoms with E-state index < -0.39 is 0 Å². The molecule has 0 aromatic heterocycles. The first-order chi connectivity index (χ1) is 9.70. The average molecular weight is 276 g/mol. The first kappa shape index (κ1) is 14.7. The van der Waals surface area contributed by atoms with Crippen molar-refractivity contribution in [2.24, 2.45) is 0 Å². The van der Waals surface area contributed by atoms with Gasteiger partial charge in [0.25, 0.3) is 0 Å². The fraction of sp³-hybridized carbons (Fsp3) is 0.562. The van der Waals surface area contributed by atoms with Crippen molar-refractivity contribution in [1.29, 1.82) is 0 Å². The minimum absolute atomic E-state index is 0.219. The van der Waals surface area contributed by atoms with Gasteiger partial charge in [0.2, 0.25) is 5.91 Å². The maximum absolute atomic E-state index is 12.2. The number of hydrogen-bond acceptors (Lipinski definition) is 3. The lowest BCUT2D eigenvalue weighted by atomic mass is 10.2. The summed E-state index contributed by atoms with van der Waals surface area (Å²) in [6.45, 7) is 3.47. The van der Waals surface area contributed by atoms with Gasteiger partial charge in [0.1, 0.15) is 5.75 Å². The predicted octanol–water partition coefficient (Wildman–Crippen LogP) is 2.83. The van der Waals surface area contributed by atoms with Crippen molar-refractivity contribution in [1.82, 2.24) is 4.90 Å². The van der Waals surface area contributed by atoms with Crippen molar-refractivity contribution in [2.75, 3.05) is 18.9 Å². The summed E-state index contributed by atoms with van der Waals surface area (Å²) in [4.78, 5) is 14.2. The van der Waals surface area contributed by atoms with Crippen LogP contribution in [0.1, 0.15) is 39.0 Å². The molecule has 1 amide bonds. The van der Waals surface area contributed by atoms with E-state index in [9.17, 15) is 4.79 Å². The summed E-state index contributed by atoms with van der Waals surface area (Å²) < 4.78 is 5.58. The molecular weight excluding hydrogens is 252 g/mol. The quantitative estimate of drug-likeness (QED) is 0.743. The zero-order chi connectivity index (χ0) is 14.4. The summed E-state index contributed by atoms with van der Waals surface area (Å²) in [6, 6.07) is 7.75. The highest BCUT2D eigenvalue weighted by Gasteiger charge is 2.31. The smallest absolute Gasteiger partial charge is 0.226 e. The Labute approximate surface area is 120 Å². The second-order valence-electron chi connectivity index (χ2n) is 5.34. The van der Waals surface area contributed by atoms with Gasteiger partial charge in [-0.05, 0) is 43.5 Å². The Bertz CT molecular complexity index is 427. The highest BCUT2D eigenvalue weighted by Crippen LogP contribution is 2.27. The first-order valence-electron chi connectivity index (χ1n) is 7.48. The van der Waals surface area contributed by atoms with Gasteiger partial charge in [0.15, 0.2) is 0 Å². The van der Waals surface area contributed by atoms with E-state index in [1.807, 2.05) is 17.0 Å². The molecule has 2 N–H and O–H groups in total. The highest BCUT2D eigenvalue weighted by molar-refractivity contribution is 5.77. The Hall–Kier alpha value is -1.71. The lowest BCUT2D eigenvalue weighted by Crippen LogP contribution is -2.34. The molecule has 0 spiro atoms. The monoisotopic (exact) mass is 276 g/mol. The lowest BCUT2D eigenvalue weighted by molar-refractivity contribution is -0.132. The molecule has 0 heterocycles. The number of carbonyl (C=O) groups excluding carboxylic acids is 1. The van der Waals surface area contributed by atoms with Crippen LogP contribution in [0.15, 0.2) is 24.3 Å². The number of hydrogen-bond donors (Lipinski definition) is 1. The largest absolute Gasteiger partial charge is 0.493 e. The molecule has 1 aliphatic rings. The fourth-order valence-electron chi connectivity index (χ4n) is 2.19. The molecular formula is C16H24N2O2. The summed E-state index contributed by atoms with van der Waals surface area (Å²) in [5, 5.41) is 0. The van der Waals surface area contributed by atoms with Crippen molar-refractivity contribution < 1.29 is 9.53 Å². The number of nitrogens with zero attached hydrogens (tertiary/aromatic N) is 1. The normalized spacial score (nSPS) is 14.1. The predicted molar refractivity (Wildman–Crippen MR) is 80.6 cm³/mol. The second kappa shape index (κ2) is 7.17. The Morgan fingerprint density at radius 2 is 2.05 bits per heavy atom. The lowest BCUT2D eigenvalue weighted by Gasteiger charge is -2.22. The van der Waals surface area contributed by atoms with Crippen molar-refractivity contribution in [3.05, 3.63) is 24.3 Å². The molecule has 1 fully saturated rings. The van der Waals surface area contributed by atoms with Crippen LogP contribution in [0.3, 0.4) is 0 Å². The van der Waals surface area contributed by atoms with E-state index in [2.05, 4.69) is 6.92 Å². The summed E-state index contributed by atoms with van der Waals surface area (Å²) in [5.74, 6) is 0.981. The molecule has 1 saturated carbocycles. The minimum Gasteiger partial charge on any atom is -0.493 e. The van der Waals surface area contributed by atoms with Gasteiger partial charge in [0, 0.05) is 18.3 Å². The van der Waals surface area contributed by atoms with Gasteiger partial charge in [-0.15, -0.1) is 0 Å². The van der Waals surface area contributed by atoms with Crippen LogP contribution in [0.2, 0.25) is 0 Å². The standard InChI is InChI=1S/C16H24N2O2/c1-2-3-11-18(14-6-7-14)16(19)10-12-20-15-8-4-13(17)5-9-15/h4-5,8-9,14H,2-3,6-7,10-12,17H2,1H3. The minimum atomic E-state index is 0.219. The van der Waals surface area contributed by atoms with Crippen LogP contribution >= 0.6 is 0 Å². The van der Waals surface area contributed by atoms with E-state index >= 15 is 0 Å². The average Bonchev–Trinajstić information content (AvgIpc) is 3.26. The van der Waals surface area contributed by atoms with E-state index in [0.29, 0.717) is 24.8 Å². The Morgan fingerprint density at radius 3 is 2.65 bits per heavy atom. The third-order valence-corrected chi connectivity index (χ3v) is 3.53. The molecule has 0 unspecified atom stereocenters. The molecule has 4 heteroatoms. The van der Waals surface area contributed by atoms with Crippen molar-refractivity contribution in [3.8, 4) is 5.75 Å². The molecule has 2 rings (SSSR count). The van der Waals surface area contributed by atoms with Gasteiger partial charge < -0.3 is 15.4 Å². The van der Waals surface area contributed by atoms with Crippen LogP contribution < -0.4 is 10.5 Å². The maximum Gasteiger partial charge on any atom is 0.226 e. The zero-order valence-corrected chi connectivity index (χ0v) is 12.2. The van der Waals surface area contributed by atoms with Gasteiger partial charge in [-0.3, -0.25) is 4.79 Å². The number of rotatable bonds is 8. The summed E-state index contributed by atoms with van der Waals surface area (Å²) in [7, 11) is 0. The van der Waals surface area contributed by atoms with Crippen LogP contribution in [0, 0.1) is 0 Å². The Kier molecular flexibility index (Phi) is 5.27. The number of ether oxygens (including phenoxy) is 1. The number of unbranched alkanes of at least 4 members (excludes halogenated alkanes) is 1. The molecule has 1 aliphatic carbocycles. The third-order valence-electron chi connectivity index (χ3n) is 3.53. The number of anilines is 1. The Morgan fingerprint density at radius 1 is 1.35 bits per heavy atom. The van der Waals surface area contributed by atoms with E-state index in [0.717, 1.165) is 38.0 Å². The van der Waals surface area contributed by atoms with Crippen LogP contribution in [0.25, 0.3) is 0 Å². The van der Waals surface area contributed by atoms with Gasteiger partial charge in [0.05, 0.1) is 13.0 Å². The second-order valence-corrected chi connectivity index (χ2v) is 5.34. The van der Waals surface area contributed by atoms with E-state index in [1.165, 1.54) is 0 Å². The van der Waals surface area contributed by atoms with E-state index in [1.54, 1.807) is 12.1 Å². The highest BCUT2D eigenvalue weighted by atomic mass is 16.5. The maximum atomic E-state index is 12.2. The summed E-state index contributed by atoms with van der Waals surface area (Å²) >= 11 is 0. The topological polar surface area (TPSA) is 55.6 Å². The molecule has 110 valence electrons. The molecule has 0 bridgehead atoms. The number of benzene rings is 1. The third kappa shape index (κ3) is 4.44. The molecule has 0 saturated heterocycles. The van der Waals surface area contributed by atoms with Crippen LogP contribution in [0.4, 0.5) is 5.69 Å². The van der Waals surface area contributed by atoms with E-state index in [4.69, 9.17) is 10.5 Å². The van der Waals surface area contributed by atoms with E-state index in [-0.39, 0.29) is 5.91 Å². The van der Waals surface area contributed by atoms with Crippen molar-refractivity contribution in [3.63, 3.8) is 0 Å². The molecule has 1 aromatic carbocycles. The number of amides is 1. The SMILES string of the molecule is CCCCN(C(=O)CCOc1ccc(N)cc1)C1CC1. The number of nitrogens with two attached hydrogens (primary N) is 1. The fourth-order valence-corrected chi connectivity index (χ4v) is 2.19. The van der Waals surface area contributed by atoms with Crippen molar-refractivity contribution >= 4 is 11.6 Å². The van der Waals surface area contributed by atoms with Gasteiger partial charge in [-0.1, -0.05) is 13.3 Å². The molecule has 0 radical (unpaired) electrons. The van der Waals surface area contributed by atoms with Crippen LogP contribution in [-0.2, 0) is 4.79 Å². The molecule has 20 heavy (non-hydrogen) atoms. The molecule has 4 nitrogen and oxygen atoms in total. The molecule has 0 aliphatic heterocycles. The summed E-state index contributed by atoms with van der Waals surface area (Å²) in [5.41, 5.74) is 6.33. The van der Waals surface area contributed by atoms with Crippen LogP contribution in [0.5, 0.6) is 5.75 Å². The van der Waals surface area contributed by atoms with Gasteiger partial charge >= 0.3 is 0 Å². The molecule has 0 atom stereocenters.